The molecule has 0 radical (unpaired) electrons. The van der Waals surface area contributed by atoms with Gasteiger partial charge in [0, 0.05) is 0 Å². The Bertz CT molecular complexity index is 334. The van der Waals surface area contributed by atoms with Crippen molar-refractivity contribution in [1.29, 1.82) is 0 Å². The van der Waals surface area contributed by atoms with Crippen LogP contribution in [0, 0.1) is 0 Å². The molecular weight excluding hydrogens is 173 g/mol. The number of isocyanates is 1. The molecule has 0 aliphatic heterocycles. The van der Waals surface area contributed by atoms with Crippen molar-refractivity contribution >= 4 is 6.08 Å². The molecule has 0 amide bonds. The molecule has 3 nitrogen and oxygen atoms in total. The first kappa shape index (κ1) is 9.42. The van der Waals surface area contributed by atoms with Crippen molar-refractivity contribution in [2.75, 3.05) is 7.11 Å². The maximum Gasteiger partial charge on any atom is 0.238 e. The predicted octanol–water partition coefficient (Wildman–Crippen LogP) is 2.00. The highest BCUT2D eigenvalue weighted by Crippen LogP contribution is 2.27. The first-order valence-electron chi connectivity index (χ1n) is 3.63. The Morgan fingerprint density at radius 3 is 2.85 bits per heavy atom. The summed E-state index contributed by atoms with van der Waals surface area (Å²) in [6.45, 7) is 0. The quantitative estimate of drug-likeness (QED) is 0.406. The number of alkyl halides is 1. The van der Waals surface area contributed by atoms with E-state index in [1.807, 2.05) is 0 Å². The van der Waals surface area contributed by atoms with Crippen molar-refractivity contribution in [3.63, 3.8) is 0 Å². The molecule has 1 unspecified atom stereocenters. The number of halogens is 1. The summed E-state index contributed by atoms with van der Waals surface area (Å²) < 4.78 is 18.0. The summed E-state index contributed by atoms with van der Waals surface area (Å²) in [6.07, 6.45) is -0.539. The van der Waals surface area contributed by atoms with E-state index in [4.69, 9.17) is 4.74 Å². The number of rotatable bonds is 3. The van der Waals surface area contributed by atoms with Crippen molar-refractivity contribution < 1.29 is 13.9 Å². The zero-order valence-corrected chi connectivity index (χ0v) is 7.03. The highest BCUT2D eigenvalue weighted by atomic mass is 19.1. The van der Waals surface area contributed by atoms with E-state index < -0.39 is 6.30 Å². The molecule has 4 heteroatoms. The van der Waals surface area contributed by atoms with E-state index >= 15 is 0 Å². The van der Waals surface area contributed by atoms with E-state index in [9.17, 15) is 9.18 Å². The van der Waals surface area contributed by atoms with Crippen LogP contribution in [0.1, 0.15) is 11.9 Å². The Morgan fingerprint density at radius 2 is 2.23 bits per heavy atom. The Hall–Kier alpha value is -1.67. The lowest BCUT2D eigenvalue weighted by Crippen LogP contribution is -1.93. The molecule has 68 valence electrons. The van der Waals surface area contributed by atoms with Crippen molar-refractivity contribution in [3.8, 4) is 5.75 Å². The van der Waals surface area contributed by atoms with Crippen LogP contribution in [0.2, 0.25) is 0 Å². The van der Waals surface area contributed by atoms with Gasteiger partial charge in [0.1, 0.15) is 5.75 Å². The zero-order valence-electron chi connectivity index (χ0n) is 7.03. The minimum atomic E-state index is -1.70. The van der Waals surface area contributed by atoms with Gasteiger partial charge in [0.15, 0.2) is 0 Å². The van der Waals surface area contributed by atoms with Crippen LogP contribution >= 0.6 is 0 Å². The third-order valence-corrected chi connectivity index (χ3v) is 1.56. The smallest absolute Gasteiger partial charge is 0.238 e. The SMILES string of the molecule is COc1ccccc1C(F)N=C=O. The molecule has 0 aliphatic rings. The maximum absolute atomic E-state index is 13.1. The van der Waals surface area contributed by atoms with Gasteiger partial charge in [-0.25, -0.2) is 9.18 Å². The number of hydrogen-bond donors (Lipinski definition) is 0. The van der Waals surface area contributed by atoms with Crippen LogP contribution in [0.5, 0.6) is 5.75 Å². The molecular formula is C9H8FNO2. The summed E-state index contributed by atoms with van der Waals surface area (Å²) in [5.74, 6) is 0.369. The minimum absolute atomic E-state index is 0.230. The van der Waals surface area contributed by atoms with Gasteiger partial charge < -0.3 is 4.74 Å². The molecule has 0 aromatic heterocycles. The number of hydrogen-bond acceptors (Lipinski definition) is 3. The maximum atomic E-state index is 13.1. The molecule has 13 heavy (non-hydrogen) atoms. The summed E-state index contributed by atoms with van der Waals surface area (Å²) in [7, 11) is 1.43. The van der Waals surface area contributed by atoms with Gasteiger partial charge in [-0.05, 0) is 6.07 Å². The van der Waals surface area contributed by atoms with Crippen LogP contribution in [-0.2, 0) is 4.79 Å². The van der Waals surface area contributed by atoms with E-state index in [1.165, 1.54) is 13.2 Å². The van der Waals surface area contributed by atoms with Crippen LogP contribution < -0.4 is 4.74 Å². The van der Waals surface area contributed by atoms with Gasteiger partial charge in [-0.1, -0.05) is 18.2 Å². The number of nitrogens with zero attached hydrogens (tertiary/aromatic N) is 1. The lowest BCUT2D eigenvalue weighted by Gasteiger charge is -2.07. The first-order chi connectivity index (χ1) is 6.29. The molecule has 1 aromatic rings. The number of aliphatic imine (C=N–C) groups is 1. The van der Waals surface area contributed by atoms with Gasteiger partial charge in [-0.2, -0.15) is 4.99 Å². The Labute approximate surface area is 74.9 Å². The van der Waals surface area contributed by atoms with E-state index in [1.54, 1.807) is 18.2 Å². The molecule has 0 saturated carbocycles. The number of carbonyl (C=O) groups excluding carboxylic acids is 1. The van der Waals surface area contributed by atoms with Crippen molar-refractivity contribution in [3.05, 3.63) is 29.8 Å². The number of methoxy groups -OCH3 is 1. The normalized spacial score (nSPS) is 11.5. The molecule has 0 aliphatic carbocycles. The van der Waals surface area contributed by atoms with Gasteiger partial charge in [0.05, 0.1) is 12.7 Å². The van der Waals surface area contributed by atoms with Gasteiger partial charge in [0.25, 0.3) is 0 Å². The third kappa shape index (κ3) is 2.13. The number of benzene rings is 1. The molecule has 1 rings (SSSR count). The largest absolute Gasteiger partial charge is 0.496 e. The van der Waals surface area contributed by atoms with Crippen LogP contribution in [0.25, 0.3) is 0 Å². The summed E-state index contributed by atoms with van der Waals surface area (Å²) in [5, 5.41) is 0. The van der Waals surface area contributed by atoms with E-state index in [0.717, 1.165) is 6.08 Å². The van der Waals surface area contributed by atoms with Crippen molar-refractivity contribution in [2.24, 2.45) is 4.99 Å². The van der Waals surface area contributed by atoms with E-state index in [0.29, 0.717) is 5.75 Å². The molecule has 0 bridgehead atoms. The molecule has 0 saturated heterocycles. The highest BCUT2D eigenvalue weighted by molar-refractivity contribution is 5.39. The highest BCUT2D eigenvalue weighted by Gasteiger charge is 2.12. The molecule has 1 atom stereocenters. The van der Waals surface area contributed by atoms with Gasteiger partial charge in [0.2, 0.25) is 12.4 Å². The molecule has 0 spiro atoms. The Morgan fingerprint density at radius 1 is 1.54 bits per heavy atom. The fourth-order valence-corrected chi connectivity index (χ4v) is 0.979. The molecule has 0 fully saturated rings. The minimum Gasteiger partial charge on any atom is -0.496 e. The van der Waals surface area contributed by atoms with Crippen LogP contribution in [0.3, 0.4) is 0 Å². The lowest BCUT2D eigenvalue weighted by molar-refractivity contribution is 0.334. The third-order valence-electron chi connectivity index (χ3n) is 1.56. The molecule has 1 aromatic carbocycles. The summed E-state index contributed by atoms with van der Waals surface area (Å²) in [5.41, 5.74) is 0.230. The van der Waals surface area contributed by atoms with Gasteiger partial charge >= 0.3 is 0 Å². The van der Waals surface area contributed by atoms with Crippen LogP contribution in [-0.4, -0.2) is 13.2 Å². The zero-order chi connectivity index (χ0) is 9.68. The Balaban J connectivity index is 3.04. The fourth-order valence-electron chi connectivity index (χ4n) is 0.979. The van der Waals surface area contributed by atoms with Gasteiger partial charge in [-0.3, -0.25) is 0 Å². The summed E-state index contributed by atoms with van der Waals surface area (Å²) in [4.78, 5) is 12.8. The standard InChI is InChI=1S/C9H8FNO2/c1-13-8-5-3-2-4-7(8)9(10)11-6-12/h2-5,9H,1H3. The van der Waals surface area contributed by atoms with Crippen LogP contribution in [0.15, 0.2) is 29.3 Å². The van der Waals surface area contributed by atoms with E-state index in [2.05, 4.69) is 4.99 Å². The second kappa shape index (κ2) is 4.38. The van der Waals surface area contributed by atoms with E-state index in [-0.39, 0.29) is 5.56 Å². The summed E-state index contributed by atoms with van der Waals surface area (Å²) in [6, 6.07) is 6.46. The number of ether oxygens (including phenoxy) is 1. The second-order valence-electron chi connectivity index (χ2n) is 2.30. The average molecular weight is 181 g/mol. The fraction of sp³-hybridized carbons (Fsp3) is 0.222. The second-order valence-corrected chi connectivity index (χ2v) is 2.30. The first-order valence-corrected chi connectivity index (χ1v) is 3.63. The average Bonchev–Trinajstić information content (AvgIpc) is 2.18. The summed E-state index contributed by atoms with van der Waals surface area (Å²) >= 11 is 0. The van der Waals surface area contributed by atoms with Crippen LogP contribution in [0.4, 0.5) is 4.39 Å². The monoisotopic (exact) mass is 181 g/mol. The van der Waals surface area contributed by atoms with Gasteiger partial charge in [-0.15, -0.1) is 0 Å². The number of para-hydroxylation sites is 1. The predicted molar refractivity (Wildman–Crippen MR) is 45.0 cm³/mol. The topological polar surface area (TPSA) is 38.7 Å². The van der Waals surface area contributed by atoms with Crippen molar-refractivity contribution in [2.45, 2.75) is 6.30 Å². The lowest BCUT2D eigenvalue weighted by atomic mass is 10.2. The Kier molecular flexibility index (Phi) is 3.17. The molecule has 0 N–H and O–H groups in total. The van der Waals surface area contributed by atoms with Crippen molar-refractivity contribution in [1.82, 2.24) is 0 Å². The molecule has 0 heterocycles.